The van der Waals surface area contributed by atoms with E-state index >= 15 is 0 Å². The molecule has 1 rings (SSSR count). The van der Waals surface area contributed by atoms with Crippen LogP contribution >= 0.6 is 11.8 Å². The Morgan fingerprint density at radius 1 is 1.15 bits per heavy atom. The molecule has 0 saturated carbocycles. The lowest BCUT2D eigenvalue weighted by atomic mass is 10.5. The van der Waals surface area contributed by atoms with Gasteiger partial charge in [-0.05, 0) is 13.2 Å². The molecule has 0 aliphatic carbocycles. The molecule has 7 nitrogen and oxygen atoms in total. The van der Waals surface area contributed by atoms with Crippen LogP contribution in [0.1, 0.15) is 13.8 Å². The van der Waals surface area contributed by atoms with Gasteiger partial charge in [-0.1, -0.05) is 18.7 Å². The van der Waals surface area contributed by atoms with Crippen molar-refractivity contribution in [2.75, 3.05) is 42.3 Å². The van der Waals surface area contributed by atoms with Gasteiger partial charge in [0, 0.05) is 25.7 Å². The number of aromatic nitrogens is 2. The Morgan fingerprint density at radius 2 is 1.80 bits per heavy atom. The molecule has 0 aliphatic rings. The minimum absolute atomic E-state index is 0.00990. The fourth-order valence-electron chi connectivity index (χ4n) is 1.48. The van der Waals surface area contributed by atoms with E-state index in [1.807, 2.05) is 13.2 Å². The fraction of sp³-hybridized carbons (Fsp3) is 0.636. The first kappa shape index (κ1) is 17.0. The number of thioether (sulfide) groups is 1. The Morgan fingerprint density at radius 3 is 2.35 bits per heavy atom. The molecule has 9 heteroatoms. The molecule has 20 heavy (non-hydrogen) atoms. The molecule has 0 aromatic carbocycles. The lowest BCUT2D eigenvalue weighted by molar-refractivity contribution is 0.584. The van der Waals surface area contributed by atoms with Gasteiger partial charge >= 0.3 is 0 Å². The van der Waals surface area contributed by atoms with Crippen molar-refractivity contribution >= 4 is 33.4 Å². The second kappa shape index (κ2) is 8.28. The summed E-state index contributed by atoms with van der Waals surface area (Å²) in [6, 6.07) is 1.77. The van der Waals surface area contributed by atoms with Crippen LogP contribution in [0.3, 0.4) is 0 Å². The normalized spacial score (nSPS) is 11.3. The molecule has 0 spiro atoms. The summed E-state index contributed by atoms with van der Waals surface area (Å²) in [7, 11) is -3.21. The summed E-state index contributed by atoms with van der Waals surface area (Å²) >= 11 is 1.44. The van der Waals surface area contributed by atoms with Gasteiger partial charge in [-0.25, -0.2) is 23.1 Å². The Hall–Kier alpha value is -1.06. The molecule has 3 N–H and O–H groups in total. The molecule has 1 aromatic rings. The second-order valence-electron chi connectivity index (χ2n) is 3.90. The third kappa shape index (κ3) is 5.93. The standard InChI is InChI=1S/C11H21N5O2S2/c1-4-12-9-8-10(16-11(15-9)19-3)13-6-7-20(17,18)14-5-2/h8,14H,4-7H2,1-3H3,(H2,12,13,15,16). The molecule has 1 heterocycles. The Balaban J connectivity index is 2.65. The van der Waals surface area contributed by atoms with Gasteiger partial charge in [-0.3, -0.25) is 0 Å². The average molecular weight is 319 g/mol. The molecular weight excluding hydrogens is 298 g/mol. The van der Waals surface area contributed by atoms with Gasteiger partial charge in [-0.2, -0.15) is 0 Å². The van der Waals surface area contributed by atoms with E-state index in [2.05, 4.69) is 25.3 Å². The Kier molecular flexibility index (Phi) is 7.03. The summed E-state index contributed by atoms with van der Waals surface area (Å²) in [6.45, 7) is 5.20. The Labute approximate surface area is 124 Å². The van der Waals surface area contributed by atoms with Crippen LogP contribution in [-0.4, -0.2) is 50.0 Å². The van der Waals surface area contributed by atoms with Gasteiger partial charge in [0.1, 0.15) is 11.6 Å². The largest absolute Gasteiger partial charge is 0.370 e. The zero-order chi connectivity index (χ0) is 15.0. The van der Waals surface area contributed by atoms with Crippen molar-refractivity contribution in [1.29, 1.82) is 0 Å². The first-order valence-electron chi connectivity index (χ1n) is 6.39. The first-order chi connectivity index (χ1) is 9.50. The van der Waals surface area contributed by atoms with Crippen molar-refractivity contribution in [3.63, 3.8) is 0 Å². The van der Waals surface area contributed by atoms with E-state index in [1.54, 1.807) is 13.0 Å². The van der Waals surface area contributed by atoms with Crippen molar-refractivity contribution in [3.8, 4) is 0 Å². The van der Waals surface area contributed by atoms with Crippen LogP contribution in [0, 0.1) is 0 Å². The van der Waals surface area contributed by atoms with Gasteiger partial charge in [-0.15, -0.1) is 0 Å². The van der Waals surface area contributed by atoms with Crippen LogP contribution in [0.25, 0.3) is 0 Å². The molecule has 0 radical (unpaired) electrons. The van der Waals surface area contributed by atoms with E-state index in [1.165, 1.54) is 11.8 Å². The lowest BCUT2D eigenvalue weighted by Gasteiger charge is -2.10. The molecule has 1 aromatic heterocycles. The second-order valence-corrected chi connectivity index (χ2v) is 6.60. The molecule has 0 unspecified atom stereocenters. The van der Waals surface area contributed by atoms with E-state index < -0.39 is 10.0 Å². The number of sulfonamides is 1. The predicted molar refractivity (Wildman–Crippen MR) is 83.9 cm³/mol. The van der Waals surface area contributed by atoms with E-state index in [4.69, 9.17) is 0 Å². The van der Waals surface area contributed by atoms with Gasteiger partial charge in [0.05, 0.1) is 5.75 Å². The van der Waals surface area contributed by atoms with Crippen LogP contribution < -0.4 is 15.4 Å². The highest BCUT2D eigenvalue weighted by Crippen LogP contribution is 2.16. The molecular formula is C11H21N5O2S2. The number of hydrogen-bond acceptors (Lipinski definition) is 7. The van der Waals surface area contributed by atoms with Crippen LogP contribution in [0.15, 0.2) is 11.2 Å². The minimum Gasteiger partial charge on any atom is -0.370 e. The monoisotopic (exact) mass is 319 g/mol. The van der Waals surface area contributed by atoms with Crippen molar-refractivity contribution < 1.29 is 8.42 Å². The zero-order valence-electron chi connectivity index (χ0n) is 11.9. The summed E-state index contributed by atoms with van der Waals surface area (Å²) < 4.78 is 25.5. The van der Waals surface area contributed by atoms with E-state index in [9.17, 15) is 8.42 Å². The maximum Gasteiger partial charge on any atom is 0.213 e. The summed E-state index contributed by atoms with van der Waals surface area (Å²) in [5.41, 5.74) is 0. The van der Waals surface area contributed by atoms with Crippen LogP contribution in [0.2, 0.25) is 0 Å². The number of hydrogen-bond donors (Lipinski definition) is 3. The minimum atomic E-state index is -3.21. The maximum atomic E-state index is 11.5. The van der Waals surface area contributed by atoms with Crippen LogP contribution in [-0.2, 0) is 10.0 Å². The number of rotatable bonds is 9. The summed E-state index contributed by atoms with van der Waals surface area (Å²) in [5, 5.41) is 6.76. The zero-order valence-corrected chi connectivity index (χ0v) is 13.6. The Bertz CT molecular complexity index is 522. The van der Waals surface area contributed by atoms with Crippen molar-refractivity contribution in [2.24, 2.45) is 0 Å². The summed E-state index contributed by atoms with van der Waals surface area (Å²) in [4.78, 5) is 8.58. The van der Waals surface area contributed by atoms with Gasteiger partial charge in [0.15, 0.2) is 5.16 Å². The topological polar surface area (TPSA) is 96.0 Å². The van der Waals surface area contributed by atoms with Gasteiger partial charge < -0.3 is 10.6 Å². The van der Waals surface area contributed by atoms with Crippen LogP contribution in [0.4, 0.5) is 11.6 Å². The van der Waals surface area contributed by atoms with Gasteiger partial charge in [0.2, 0.25) is 10.0 Å². The molecule has 0 bridgehead atoms. The number of nitrogens with one attached hydrogen (secondary N) is 3. The first-order valence-corrected chi connectivity index (χ1v) is 9.26. The highest BCUT2D eigenvalue weighted by Gasteiger charge is 2.09. The van der Waals surface area contributed by atoms with E-state index in [0.29, 0.717) is 24.1 Å². The molecule has 0 fully saturated rings. The van der Waals surface area contributed by atoms with E-state index in [-0.39, 0.29) is 5.75 Å². The van der Waals surface area contributed by atoms with Gasteiger partial charge in [0.25, 0.3) is 0 Å². The number of nitrogens with zero attached hydrogens (tertiary/aromatic N) is 2. The highest BCUT2D eigenvalue weighted by atomic mass is 32.2. The average Bonchev–Trinajstić information content (AvgIpc) is 2.38. The number of anilines is 2. The van der Waals surface area contributed by atoms with E-state index in [0.717, 1.165) is 12.4 Å². The predicted octanol–water partition coefficient (Wildman–Crippen LogP) is 0.981. The SMILES string of the molecule is CCNc1cc(NCCS(=O)(=O)NCC)nc(SC)n1. The molecule has 0 saturated heterocycles. The van der Waals surface area contributed by atoms with Crippen molar-refractivity contribution in [1.82, 2.24) is 14.7 Å². The fourth-order valence-corrected chi connectivity index (χ4v) is 2.82. The maximum absolute atomic E-state index is 11.5. The van der Waals surface area contributed by atoms with Crippen molar-refractivity contribution in [2.45, 2.75) is 19.0 Å². The third-order valence-corrected chi connectivity index (χ3v) is 4.31. The smallest absolute Gasteiger partial charge is 0.213 e. The third-order valence-electron chi connectivity index (χ3n) is 2.29. The van der Waals surface area contributed by atoms with Crippen molar-refractivity contribution in [3.05, 3.63) is 6.07 Å². The summed E-state index contributed by atoms with van der Waals surface area (Å²) in [6.07, 6.45) is 1.89. The quantitative estimate of drug-likeness (QED) is 0.461. The molecule has 0 atom stereocenters. The molecule has 0 aliphatic heterocycles. The molecule has 0 amide bonds. The lowest BCUT2D eigenvalue weighted by Crippen LogP contribution is -2.29. The summed E-state index contributed by atoms with van der Waals surface area (Å²) in [5.74, 6) is 1.35. The highest BCUT2D eigenvalue weighted by molar-refractivity contribution is 7.98. The van der Waals surface area contributed by atoms with Crippen LogP contribution in [0.5, 0.6) is 0 Å². The molecule has 114 valence electrons.